The normalized spacial score (nSPS) is 24.8. The van der Waals surface area contributed by atoms with E-state index in [1.165, 1.54) is 19.3 Å². The summed E-state index contributed by atoms with van der Waals surface area (Å²) in [5.41, 5.74) is -0.115. The average Bonchev–Trinajstić information content (AvgIpc) is 2.29. The van der Waals surface area contributed by atoms with Gasteiger partial charge < -0.3 is 9.84 Å². The zero-order valence-electron chi connectivity index (χ0n) is 10.3. The Balaban J connectivity index is 2.63. The van der Waals surface area contributed by atoms with Gasteiger partial charge in [-0.3, -0.25) is 4.90 Å². The molecule has 0 aliphatic carbocycles. The van der Waals surface area contributed by atoms with Crippen LogP contribution in [0.5, 0.6) is 0 Å². The predicted octanol–water partition coefficient (Wildman–Crippen LogP) is 1.65. The Labute approximate surface area is 93.4 Å². The molecule has 1 heterocycles. The van der Waals surface area contributed by atoms with Gasteiger partial charge in [-0.05, 0) is 39.3 Å². The Hall–Kier alpha value is -0.120. The highest BCUT2D eigenvalue weighted by molar-refractivity contribution is 4.93. The van der Waals surface area contributed by atoms with Gasteiger partial charge in [0.15, 0.2) is 0 Å². The summed E-state index contributed by atoms with van der Waals surface area (Å²) >= 11 is 0. The van der Waals surface area contributed by atoms with E-state index in [-0.39, 0.29) is 11.6 Å². The number of rotatable bonds is 5. The van der Waals surface area contributed by atoms with Crippen LogP contribution in [0.25, 0.3) is 0 Å². The van der Waals surface area contributed by atoms with E-state index < -0.39 is 0 Å². The molecular weight excluding hydrogens is 190 g/mol. The molecule has 2 atom stereocenters. The van der Waals surface area contributed by atoms with Crippen LogP contribution in [-0.2, 0) is 4.74 Å². The highest BCUT2D eigenvalue weighted by Crippen LogP contribution is 2.27. The lowest BCUT2D eigenvalue weighted by Gasteiger charge is -2.45. The quantitative estimate of drug-likeness (QED) is 0.757. The van der Waals surface area contributed by atoms with Gasteiger partial charge >= 0.3 is 0 Å². The van der Waals surface area contributed by atoms with Crippen LogP contribution in [0.15, 0.2) is 0 Å². The van der Waals surface area contributed by atoms with E-state index in [1.807, 2.05) is 0 Å². The minimum Gasteiger partial charge on any atom is -0.389 e. The summed E-state index contributed by atoms with van der Waals surface area (Å²) in [5, 5.41) is 10.2. The molecule has 15 heavy (non-hydrogen) atoms. The van der Waals surface area contributed by atoms with E-state index in [0.717, 1.165) is 19.5 Å². The van der Waals surface area contributed by atoms with E-state index in [9.17, 15) is 5.11 Å². The number of likely N-dealkylation sites (tertiary alicyclic amines) is 1. The van der Waals surface area contributed by atoms with E-state index in [1.54, 1.807) is 7.11 Å². The predicted molar refractivity (Wildman–Crippen MR) is 62.0 cm³/mol. The lowest BCUT2D eigenvalue weighted by molar-refractivity contribution is -0.0647. The maximum Gasteiger partial charge on any atom is 0.0953 e. The van der Waals surface area contributed by atoms with Gasteiger partial charge in [0.2, 0.25) is 0 Å². The SMILES string of the molecule is CCC(C)(C(O)COC)N1CCCCC1. The van der Waals surface area contributed by atoms with E-state index >= 15 is 0 Å². The van der Waals surface area contributed by atoms with Crippen molar-refractivity contribution in [3.05, 3.63) is 0 Å². The fourth-order valence-electron chi connectivity index (χ4n) is 2.41. The molecule has 3 heteroatoms. The van der Waals surface area contributed by atoms with Crippen molar-refractivity contribution >= 4 is 0 Å². The van der Waals surface area contributed by atoms with Crippen molar-refractivity contribution in [2.24, 2.45) is 0 Å². The summed E-state index contributed by atoms with van der Waals surface area (Å²) < 4.78 is 5.07. The van der Waals surface area contributed by atoms with Crippen molar-refractivity contribution < 1.29 is 9.84 Å². The van der Waals surface area contributed by atoms with Crippen LogP contribution >= 0.6 is 0 Å². The summed E-state index contributed by atoms with van der Waals surface area (Å²) in [6.45, 7) is 6.96. The van der Waals surface area contributed by atoms with Gasteiger partial charge in [0, 0.05) is 12.6 Å². The molecule has 3 nitrogen and oxygen atoms in total. The maximum atomic E-state index is 10.2. The molecule has 1 saturated heterocycles. The summed E-state index contributed by atoms with van der Waals surface area (Å²) in [6.07, 6.45) is 4.43. The van der Waals surface area contributed by atoms with Gasteiger partial charge in [-0.25, -0.2) is 0 Å². The van der Waals surface area contributed by atoms with Gasteiger partial charge in [-0.2, -0.15) is 0 Å². The summed E-state index contributed by atoms with van der Waals surface area (Å²) in [4.78, 5) is 2.43. The van der Waals surface area contributed by atoms with Gasteiger partial charge in [0.1, 0.15) is 0 Å². The molecule has 0 radical (unpaired) electrons. The minimum absolute atomic E-state index is 0.115. The van der Waals surface area contributed by atoms with E-state index in [0.29, 0.717) is 6.61 Å². The molecule has 0 bridgehead atoms. The molecule has 1 aliphatic rings. The van der Waals surface area contributed by atoms with Crippen LogP contribution in [0, 0.1) is 0 Å². The second-order valence-electron chi connectivity index (χ2n) is 4.73. The van der Waals surface area contributed by atoms with Crippen molar-refractivity contribution in [1.29, 1.82) is 0 Å². The summed E-state index contributed by atoms with van der Waals surface area (Å²) in [7, 11) is 1.65. The highest BCUT2D eigenvalue weighted by Gasteiger charge is 2.37. The van der Waals surface area contributed by atoms with E-state index in [2.05, 4.69) is 18.7 Å². The molecule has 90 valence electrons. The Morgan fingerprint density at radius 2 is 1.93 bits per heavy atom. The van der Waals surface area contributed by atoms with Crippen LogP contribution in [-0.4, -0.2) is 48.5 Å². The van der Waals surface area contributed by atoms with Crippen LogP contribution in [0.2, 0.25) is 0 Å². The molecule has 1 fully saturated rings. The van der Waals surface area contributed by atoms with Crippen molar-refractivity contribution in [1.82, 2.24) is 4.90 Å². The lowest BCUT2D eigenvalue weighted by Crippen LogP contribution is -2.57. The standard InChI is InChI=1S/C12H25NO2/c1-4-12(2,11(14)10-15-3)13-8-6-5-7-9-13/h11,14H,4-10H2,1-3H3. The number of aliphatic hydroxyl groups excluding tert-OH is 1. The first-order valence-corrected chi connectivity index (χ1v) is 6.07. The Kier molecular flexibility index (Phi) is 5.03. The third kappa shape index (κ3) is 2.92. The monoisotopic (exact) mass is 215 g/mol. The number of hydrogen-bond acceptors (Lipinski definition) is 3. The zero-order chi connectivity index (χ0) is 11.3. The molecule has 1 N–H and O–H groups in total. The maximum absolute atomic E-state index is 10.2. The number of hydrogen-bond donors (Lipinski definition) is 1. The van der Waals surface area contributed by atoms with Crippen LogP contribution in [0.3, 0.4) is 0 Å². The number of nitrogens with zero attached hydrogens (tertiary/aromatic N) is 1. The van der Waals surface area contributed by atoms with Gasteiger partial charge in [-0.1, -0.05) is 13.3 Å². The minimum atomic E-state index is -0.384. The van der Waals surface area contributed by atoms with Crippen molar-refractivity contribution in [2.75, 3.05) is 26.8 Å². The Morgan fingerprint density at radius 3 is 2.40 bits per heavy atom. The first-order valence-electron chi connectivity index (χ1n) is 6.07. The number of ether oxygens (including phenoxy) is 1. The largest absolute Gasteiger partial charge is 0.389 e. The molecule has 1 rings (SSSR count). The molecule has 1 aliphatic heterocycles. The van der Waals surface area contributed by atoms with Crippen LogP contribution in [0.1, 0.15) is 39.5 Å². The zero-order valence-corrected chi connectivity index (χ0v) is 10.3. The Morgan fingerprint density at radius 1 is 1.33 bits per heavy atom. The smallest absolute Gasteiger partial charge is 0.0953 e. The molecule has 0 spiro atoms. The van der Waals surface area contributed by atoms with Gasteiger partial charge in [-0.15, -0.1) is 0 Å². The van der Waals surface area contributed by atoms with E-state index in [4.69, 9.17) is 4.74 Å². The second kappa shape index (κ2) is 5.83. The molecule has 0 aromatic rings. The average molecular weight is 215 g/mol. The fourth-order valence-corrected chi connectivity index (χ4v) is 2.41. The Bertz CT molecular complexity index is 180. The van der Waals surface area contributed by atoms with Gasteiger partial charge in [0.25, 0.3) is 0 Å². The first-order chi connectivity index (χ1) is 7.15. The molecule has 0 saturated carbocycles. The highest BCUT2D eigenvalue weighted by atomic mass is 16.5. The second-order valence-corrected chi connectivity index (χ2v) is 4.73. The first kappa shape index (κ1) is 12.9. The number of aliphatic hydroxyl groups is 1. The van der Waals surface area contributed by atoms with Crippen LogP contribution < -0.4 is 0 Å². The molecule has 0 amide bonds. The topological polar surface area (TPSA) is 32.7 Å². The number of methoxy groups -OCH3 is 1. The van der Waals surface area contributed by atoms with Crippen molar-refractivity contribution in [3.8, 4) is 0 Å². The number of piperidine rings is 1. The van der Waals surface area contributed by atoms with Gasteiger partial charge in [0.05, 0.1) is 12.7 Å². The van der Waals surface area contributed by atoms with Crippen molar-refractivity contribution in [3.63, 3.8) is 0 Å². The lowest BCUT2D eigenvalue weighted by atomic mass is 9.88. The summed E-state index contributed by atoms with van der Waals surface area (Å²) in [5.74, 6) is 0. The third-order valence-corrected chi connectivity index (χ3v) is 3.84. The molecule has 0 aromatic heterocycles. The van der Waals surface area contributed by atoms with Crippen molar-refractivity contribution in [2.45, 2.75) is 51.2 Å². The fraction of sp³-hybridized carbons (Fsp3) is 1.00. The van der Waals surface area contributed by atoms with Crippen LogP contribution in [0.4, 0.5) is 0 Å². The third-order valence-electron chi connectivity index (χ3n) is 3.84. The summed E-state index contributed by atoms with van der Waals surface area (Å²) in [6, 6.07) is 0. The molecule has 2 unspecified atom stereocenters. The molecular formula is C12H25NO2. The molecule has 0 aromatic carbocycles.